The van der Waals surface area contributed by atoms with Gasteiger partial charge in [-0.3, -0.25) is 0 Å². The number of carbonyl (C=O) groups is 1. The van der Waals surface area contributed by atoms with E-state index >= 15 is 0 Å². The number of alkyl halides is 3. The summed E-state index contributed by atoms with van der Waals surface area (Å²) in [5.41, 5.74) is 4.26. The summed E-state index contributed by atoms with van der Waals surface area (Å²) in [6.07, 6.45) is -0.827. The molecule has 1 unspecified atom stereocenters. The molecular weight excluding hydrogens is 457 g/mol. The lowest BCUT2D eigenvalue weighted by Gasteiger charge is -2.40. The van der Waals surface area contributed by atoms with Gasteiger partial charge in [-0.15, -0.1) is 0 Å². The fraction of sp³-hybridized carbons (Fsp3) is 0.591. The molecular formula is C22H29F3N4O3S. The van der Waals surface area contributed by atoms with Crippen LogP contribution in [-0.2, 0) is 9.47 Å². The molecule has 0 bridgehead atoms. The summed E-state index contributed by atoms with van der Waals surface area (Å²) in [7, 11) is 0. The van der Waals surface area contributed by atoms with E-state index in [2.05, 4.69) is 23.8 Å². The fourth-order valence-corrected chi connectivity index (χ4v) is 4.61. The average molecular weight is 487 g/mol. The van der Waals surface area contributed by atoms with Crippen LogP contribution in [0.15, 0.2) is 29.1 Å². The van der Waals surface area contributed by atoms with Gasteiger partial charge < -0.3 is 20.1 Å². The van der Waals surface area contributed by atoms with Crippen molar-refractivity contribution in [3.63, 3.8) is 0 Å². The Kier molecular flexibility index (Phi) is 6.67. The summed E-state index contributed by atoms with van der Waals surface area (Å²) in [6.45, 7) is 6.09. The van der Waals surface area contributed by atoms with Crippen molar-refractivity contribution in [1.29, 1.82) is 0 Å². The monoisotopic (exact) mass is 486 g/mol. The van der Waals surface area contributed by atoms with Gasteiger partial charge in [-0.1, -0.05) is 6.92 Å². The van der Waals surface area contributed by atoms with E-state index in [0.717, 1.165) is 6.42 Å². The summed E-state index contributed by atoms with van der Waals surface area (Å²) in [5, 5.41) is 0. The van der Waals surface area contributed by atoms with Gasteiger partial charge in [0.2, 0.25) is 0 Å². The number of allylic oxidation sites excluding steroid dienone is 1. The highest BCUT2D eigenvalue weighted by molar-refractivity contribution is 7.59. The third kappa shape index (κ3) is 4.78. The number of esters is 1. The van der Waals surface area contributed by atoms with Gasteiger partial charge in [0.1, 0.15) is 11.4 Å². The predicted molar refractivity (Wildman–Crippen MR) is 123 cm³/mol. The van der Waals surface area contributed by atoms with Gasteiger partial charge in [0.25, 0.3) is 0 Å². The van der Waals surface area contributed by atoms with Gasteiger partial charge in [-0.05, 0) is 51.7 Å². The molecule has 11 heteroatoms. The topological polar surface area (TPSA) is 90.0 Å². The summed E-state index contributed by atoms with van der Waals surface area (Å²) in [5.74, 6) is 0.639. The molecule has 4 rings (SSSR count). The Morgan fingerprint density at radius 3 is 2.73 bits per heavy atom. The van der Waals surface area contributed by atoms with E-state index in [1.807, 2.05) is 11.8 Å². The molecule has 33 heavy (non-hydrogen) atoms. The number of aromatic nitrogens is 1. The molecule has 1 aliphatic carbocycles. The number of pyridine rings is 1. The van der Waals surface area contributed by atoms with Crippen molar-refractivity contribution in [1.82, 2.24) is 4.98 Å². The van der Waals surface area contributed by atoms with E-state index in [4.69, 9.17) is 15.2 Å². The highest BCUT2D eigenvalue weighted by atomic mass is 32.1. The Morgan fingerprint density at radius 1 is 1.39 bits per heavy atom. The van der Waals surface area contributed by atoms with Crippen LogP contribution in [0.1, 0.15) is 56.8 Å². The Morgan fingerprint density at radius 2 is 2.09 bits per heavy atom. The normalized spacial score (nSPS) is 25.2. The Hall–Kier alpha value is -2.43. The van der Waals surface area contributed by atoms with Crippen LogP contribution < -0.4 is 10.6 Å². The predicted octanol–water partition coefficient (Wildman–Crippen LogP) is 4.57. The molecule has 2 fully saturated rings. The zero-order valence-electron chi connectivity index (χ0n) is 18.8. The van der Waals surface area contributed by atoms with Gasteiger partial charge in [0.15, 0.2) is 17.9 Å². The van der Waals surface area contributed by atoms with Crippen LogP contribution >= 0.6 is 13.5 Å². The van der Waals surface area contributed by atoms with Crippen molar-refractivity contribution in [2.24, 2.45) is 22.1 Å². The number of halogens is 3. The first kappa shape index (κ1) is 25.2. The van der Waals surface area contributed by atoms with Crippen molar-refractivity contribution in [2.45, 2.75) is 64.4 Å². The molecule has 0 aromatic carbocycles. The minimum absolute atomic E-state index is 0. The van der Waals surface area contributed by atoms with Crippen LogP contribution in [0.2, 0.25) is 0 Å². The minimum atomic E-state index is -4.21. The van der Waals surface area contributed by atoms with Crippen LogP contribution in [0.25, 0.3) is 0 Å². The van der Waals surface area contributed by atoms with Crippen molar-refractivity contribution in [3.05, 3.63) is 29.7 Å². The zero-order chi connectivity index (χ0) is 23.3. The lowest BCUT2D eigenvalue weighted by molar-refractivity contribution is -0.191. The molecule has 182 valence electrons. The number of fused-ring (bicyclic) bond motifs is 3. The minimum Gasteiger partial charge on any atom is -0.479 e. The first-order chi connectivity index (χ1) is 14.9. The summed E-state index contributed by atoms with van der Waals surface area (Å²) < 4.78 is 49.7. The molecule has 0 amide bonds. The van der Waals surface area contributed by atoms with Crippen LogP contribution in [0.4, 0.5) is 24.8 Å². The van der Waals surface area contributed by atoms with Crippen LogP contribution in [0.3, 0.4) is 0 Å². The Labute approximate surface area is 197 Å². The molecule has 2 aliphatic heterocycles. The molecule has 2 atom stereocenters. The Balaban J connectivity index is 0.00000306. The van der Waals surface area contributed by atoms with Gasteiger partial charge in [0, 0.05) is 23.7 Å². The first-order valence-electron chi connectivity index (χ1n) is 10.6. The molecule has 1 aromatic heterocycles. The summed E-state index contributed by atoms with van der Waals surface area (Å²) in [6, 6.07) is 3.22. The molecule has 1 aromatic rings. The van der Waals surface area contributed by atoms with E-state index in [0.29, 0.717) is 17.2 Å². The second-order valence-corrected chi connectivity index (χ2v) is 9.42. The molecule has 3 heterocycles. The quantitative estimate of drug-likeness (QED) is 0.360. The number of aliphatic imine (C=N–C) groups is 1. The molecule has 1 saturated heterocycles. The highest BCUT2D eigenvalue weighted by Crippen LogP contribution is 2.59. The maximum atomic E-state index is 12.9. The third-order valence-corrected chi connectivity index (χ3v) is 6.50. The lowest BCUT2D eigenvalue weighted by atomic mass is 9.97. The number of hydrogen-bond acceptors (Lipinski definition) is 7. The van der Waals surface area contributed by atoms with Gasteiger partial charge in [-0.25, -0.2) is 14.8 Å². The zero-order valence-corrected chi connectivity index (χ0v) is 19.8. The maximum absolute atomic E-state index is 12.9. The van der Waals surface area contributed by atoms with Gasteiger partial charge in [-0.2, -0.15) is 26.7 Å². The van der Waals surface area contributed by atoms with Crippen molar-refractivity contribution in [3.8, 4) is 0 Å². The second-order valence-electron chi connectivity index (χ2n) is 9.42. The molecule has 1 saturated carbocycles. The fourth-order valence-electron chi connectivity index (χ4n) is 4.61. The van der Waals surface area contributed by atoms with Crippen LogP contribution in [0.5, 0.6) is 0 Å². The molecule has 3 aliphatic rings. The number of anilines is 1. The SMILES string of the molecule is C[C@H]1CC(C)(C)N2c3nc(N=CC=C(N)OCCC4(C(F)(F)F)CC4)ccc3C(=O)OC12.S. The number of ether oxygens (including phenoxy) is 2. The third-order valence-electron chi connectivity index (χ3n) is 6.50. The lowest BCUT2D eigenvalue weighted by Crippen LogP contribution is -2.49. The van der Waals surface area contributed by atoms with Crippen molar-refractivity contribution in [2.75, 3.05) is 11.5 Å². The molecule has 0 spiro atoms. The molecule has 0 radical (unpaired) electrons. The second kappa shape index (κ2) is 8.73. The first-order valence-corrected chi connectivity index (χ1v) is 10.6. The highest BCUT2D eigenvalue weighted by Gasteiger charge is 2.62. The van der Waals surface area contributed by atoms with Crippen LogP contribution in [0, 0.1) is 11.3 Å². The number of nitrogens with zero attached hydrogens (tertiary/aromatic N) is 3. The van der Waals surface area contributed by atoms with E-state index in [1.165, 1.54) is 12.3 Å². The number of carbonyl (C=O) groups excluding carboxylic acids is 1. The standard InChI is InChI=1S/C22H27F3N4O3.H2S/c1-13-12-20(2,3)29-17-14(19(30)32-18(13)29)4-5-16(28-17)27-10-6-15(26)31-11-9-21(7-8-21)22(23,24)25;/h4-6,10,13,18H,7-9,11-12,26H2,1-3H3;1H2/t13-,18?;/m0./s1. The van der Waals surface area contributed by atoms with Crippen molar-refractivity contribution >= 4 is 37.3 Å². The number of rotatable bonds is 6. The van der Waals surface area contributed by atoms with Crippen molar-refractivity contribution < 1.29 is 27.4 Å². The van der Waals surface area contributed by atoms with E-state index in [1.54, 1.807) is 12.1 Å². The van der Waals surface area contributed by atoms with Gasteiger partial charge >= 0.3 is 12.1 Å². The smallest absolute Gasteiger partial charge is 0.394 e. The number of hydrogen-bond donors (Lipinski definition) is 1. The Bertz CT molecular complexity index is 976. The summed E-state index contributed by atoms with van der Waals surface area (Å²) in [4.78, 5) is 23.2. The number of nitrogens with two attached hydrogens (primary N) is 1. The van der Waals surface area contributed by atoms with E-state index in [-0.39, 0.29) is 62.9 Å². The van der Waals surface area contributed by atoms with Crippen LogP contribution in [-0.4, -0.2) is 41.7 Å². The van der Waals surface area contributed by atoms with Gasteiger partial charge in [0.05, 0.1) is 12.0 Å². The maximum Gasteiger partial charge on any atom is 0.394 e. The molecule has 2 N–H and O–H groups in total. The summed E-state index contributed by atoms with van der Waals surface area (Å²) >= 11 is 0. The average Bonchev–Trinajstić information content (AvgIpc) is 3.44. The molecule has 7 nitrogen and oxygen atoms in total. The van der Waals surface area contributed by atoms with E-state index < -0.39 is 17.6 Å². The van der Waals surface area contributed by atoms with E-state index in [9.17, 15) is 18.0 Å². The largest absolute Gasteiger partial charge is 0.479 e.